The molecule has 0 saturated heterocycles. The van der Waals surface area contributed by atoms with Gasteiger partial charge in [-0.2, -0.15) is 0 Å². The van der Waals surface area contributed by atoms with Gasteiger partial charge in [0.05, 0.1) is 12.7 Å². The number of rotatable bonds is 5. The summed E-state index contributed by atoms with van der Waals surface area (Å²) in [5.74, 6) is -0.607. The van der Waals surface area contributed by atoms with Crippen molar-refractivity contribution in [2.45, 2.75) is 13.8 Å². The average molecular weight is 341 g/mol. The Kier molecular flexibility index (Phi) is 5.44. The van der Waals surface area contributed by atoms with Crippen LogP contribution in [0.15, 0.2) is 41.6 Å². The molecule has 0 aliphatic heterocycles. The standard InChI is InChI=1S/C19H19NO5/c1-11-10-13(18(25-3)12(2)17(11)19(22)23)8-9-15(20-24)14-6-4-5-7-16(14)21/h4-10,21,24H,1-3H3,(H,22,23). The number of hydrogen-bond donors (Lipinski definition) is 3. The minimum absolute atomic E-state index is 0.0134. The van der Waals surface area contributed by atoms with Gasteiger partial charge in [0.2, 0.25) is 0 Å². The van der Waals surface area contributed by atoms with Crippen molar-refractivity contribution in [2.24, 2.45) is 5.16 Å². The third-order valence-electron chi connectivity index (χ3n) is 3.87. The van der Waals surface area contributed by atoms with Gasteiger partial charge in [0.25, 0.3) is 0 Å². The molecule has 0 fully saturated rings. The summed E-state index contributed by atoms with van der Waals surface area (Å²) in [6.45, 7) is 3.38. The Labute approximate surface area is 145 Å². The first kappa shape index (κ1) is 18.1. The van der Waals surface area contributed by atoms with Crippen LogP contribution >= 0.6 is 0 Å². The second-order valence-electron chi connectivity index (χ2n) is 5.46. The summed E-state index contributed by atoms with van der Waals surface area (Å²) in [5.41, 5.74) is 2.48. The minimum Gasteiger partial charge on any atom is -0.507 e. The summed E-state index contributed by atoms with van der Waals surface area (Å²) >= 11 is 0. The molecule has 6 nitrogen and oxygen atoms in total. The number of aromatic hydroxyl groups is 1. The maximum absolute atomic E-state index is 11.4. The van der Waals surface area contributed by atoms with Crippen LogP contribution in [-0.2, 0) is 0 Å². The lowest BCUT2D eigenvalue weighted by atomic mass is 9.97. The van der Waals surface area contributed by atoms with Crippen LogP contribution in [-0.4, -0.2) is 34.2 Å². The monoisotopic (exact) mass is 341 g/mol. The molecule has 0 unspecified atom stereocenters. The third kappa shape index (κ3) is 3.63. The van der Waals surface area contributed by atoms with Gasteiger partial charge in [0, 0.05) is 16.7 Å². The van der Waals surface area contributed by atoms with E-state index in [1.807, 2.05) is 0 Å². The summed E-state index contributed by atoms with van der Waals surface area (Å²) in [5, 5.41) is 31.7. The predicted octanol–water partition coefficient (Wildman–Crippen LogP) is 3.61. The number of hydrogen-bond acceptors (Lipinski definition) is 5. The number of oxime groups is 1. The highest BCUT2D eigenvalue weighted by molar-refractivity contribution is 6.12. The van der Waals surface area contributed by atoms with Crippen molar-refractivity contribution in [1.82, 2.24) is 0 Å². The maximum atomic E-state index is 11.4. The van der Waals surface area contributed by atoms with Gasteiger partial charge in [-0.1, -0.05) is 17.3 Å². The second kappa shape index (κ2) is 7.53. The van der Waals surface area contributed by atoms with E-state index in [1.165, 1.54) is 19.3 Å². The van der Waals surface area contributed by atoms with E-state index < -0.39 is 5.97 Å². The second-order valence-corrected chi connectivity index (χ2v) is 5.46. The van der Waals surface area contributed by atoms with Gasteiger partial charge in [-0.15, -0.1) is 0 Å². The predicted molar refractivity (Wildman–Crippen MR) is 94.9 cm³/mol. The lowest BCUT2D eigenvalue weighted by Gasteiger charge is -2.14. The number of methoxy groups -OCH3 is 1. The van der Waals surface area contributed by atoms with Crippen molar-refractivity contribution in [2.75, 3.05) is 7.11 Å². The molecule has 0 aromatic heterocycles. The number of para-hydroxylation sites is 1. The number of benzene rings is 2. The van der Waals surface area contributed by atoms with E-state index in [1.54, 1.807) is 44.2 Å². The number of phenolic OH excluding ortho intramolecular Hbond substituents is 1. The number of aryl methyl sites for hydroxylation is 1. The number of allylic oxidation sites excluding steroid dienone is 1. The molecule has 0 saturated carbocycles. The summed E-state index contributed by atoms with van der Waals surface area (Å²) in [6, 6.07) is 8.18. The van der Waals surface area contributed by atoms with Crippen LogP contribution in [0.4, 0.5) is 0 Å². The molecule has 0 amide bonds. The van der Waals surface area contributed by atoms with Crippen LogP contribution in [0.25, 0.3) is 6.08 Å². The average Bonchev–Trinajstić information content (AvgIpc) is 2.56. The van der Waals surface area contributed by atoms with Gasteiger partial charge in [0.15, 0.2) is 0 Å². The fraction of sp³-hybridized carbons (Fsp3) is 0.158. The molecule has 0 atom stereocenters. The number of carbonyl (C=O) groups is 1. The van der Waals surface area contributed by atoms with E-state index in [2.05, 4.69) is 5.16 Å². The molecule has 0 spiro atoms. The van der Waals surface area contributed by atoms with Crippen LogP contribution in [0.5, 0.6) is 11.5 Å². The Morgan fingerprint density at radius 1 is 1.24 bits per heavy atom. The number of aromatic carboxylic acids is 1. The van der Waals surface area contributed by atoms with Gasteiger partial charge < -0.3 is 20.2 Å². The van der Waals surface area contributed by atoms with Crippen molar-refractivity contribution in [3.8, 4) is 11.5 Å². The molecule has 6 heteroatoms. The SMILES string of the molecule is COc1c(C=CC(=NO)c2ccccc2O)cc(C)c(C(=O)O)c1C. The lowest BCUT2D eigenvalue weighted by Crippen LogP contribution is -2.06. The summed E-state index contributed by atoms with van der Waals surface area (Å²) < 4.78 is 5.35. The summed E-state index contributed by atoms with van der Waals surface area (Å²) in [6.07, 6.45) is 3.16. The lowest BCUT2D eigenvalue weighted by molar-refractivity contribution is 0.0695. The summed E-state index contributed by atoms with van der Waals surface area (Å²) in [7, 11) is 1.46. The first-order valence-electron chi connectivity index (χ1n) is 7.50. The molecule has 0 bridgehead atoms. The molecular formula is C19H19NO5. The number of carboxylic acids is 1. The minimum atomic E-state index is -1.02. The molecule has 3 N–H and O–H groups in total. The van der Waals surface area contributed by atoms with Crippen molar-refractivity contribution in [3.63, 3.8) is 0 Å². The van der Waals surface area contributed by atoms with Gasteiger partial charge >= 0.3 is 5.97 Å². The number of carboxylic acid groups (broad SMARTS) is 1. The zero-order valence-electron chi connectivity index (χ0n) is 14.1. The number of nitrogens with zero attached hydrogens (tertiary/aromatic N) is 1. The fourth-order valence-electron chi connectivity index (χ4n) is 2.76. The Bertz CT molecular complexity index is 868. The Morgan fingerprint density at radius 2 is 1.92 bits per heavy atom. The van der Waals surface area contributed by atoms with Crippen molar-refractivity contribution in [1.29, 1.82) is 0 Å². The smallest absolute Gasteiger partial charge is 0.336 e. The molecule has 0 radical (unpaired) electrons. The molecule has 2 rings (SSSR count). The van der Waals surface area contributed by atoms with E-state index in [4.69, 9.17) is 4.74 Å². The van der Waals surface area contributed by atoms with E-state index >= 15 is 0 Å². The van der Waals surface area contributed by atoms with Gasteiger partial charge in [-0.05, 0) is 49.8 Å². The van der Waals surface area contributed by atoms with Crippen LogP contribution in [0.1, 0.15) is 32.6 Å². The first-order chi connectivity index (χ1) is 11.9. The zero-order chi connectivity index (χ0) is 18.6. The number of phenols is 1. The van der Waals surface area contributed by atoms with E-state index in [9.17, 15) is 20.2 Å². The molecule has 0 heterocycles. The highest BCUT2D eigenvalue weighted by Gasteiger charge is 2.17. The molecule has 25 heavy (non-hydrogen) atoms. The molecule has 2 aromatic rings. The Morgan fingerprint density at radius 3 is 2.48 bits per heavy atom. The molecule has 130 valence electrons. The van der Waals surface area contributed by atoms with Crippen molar-refractivity contribution in [3.05, 3.63) is 64.2 Å². The van der Waals surface area contributed by atoms with Crippen LogP contribution < -0.4 is 4.74 Å². The van der Waals surface area contributed by atoms with E-state index in [0.717, 1.165) is 0 Å². The quantitative estimate of drug-likeness (QED) is 0.438. The third-order valence-corrected chi connectivity index (χ3v) is 3.87. The largest absolute Gasteiger partial charge is 0.507 e. The van der Waals surface area contributed by atoms with Crippen molar-refractivity contribution >= 4 is 17.8 Å². The van der Waals surface area contributed by atoms with Crippen LogP contribution in [0.2, 0.25) is 0 Å². The fourth-order valence-corrected chi connectivity index (χ4v) is 2.76. The Hall–Kier alpha value is -3.28. The first-order valence-corrected chi connectivity index (χ1v) is 7.50. The van der Waals surface area contributed by atoms with Crippen molar-refractivity contribution < 1.29 is 25.0 Å². The van der Waals surface area contributed by atoms with E-state index in [-0.39, 0.29) is 17.0 Å². The molecule has 0 aliphatic carbocycles. The molecular weight excluding hydrogens is 322 g/mol. The normalized spacial score (nSPS) is 11.7. The Balaban J connectivity index is 2.51. The number of ether oxygens (including phenoxy) is 1. The zero-order valence-corrected chi connectivity index (χ0v) is 14.1. The van der Waals surface area contributed by atoms with E-state index in [0.29, 0.717) is 28.0 Å². The highest BCUT2D eigenvalue weighted by atomic mass is 16.5. The molecule has 0 aliphatic rings. The topological polar surface area (TPSA) is 99.4 Å². The van der Waals surface area contributed by atoms with Gasteiger partial charge in [-0.3, -0.25) is 0 Å². The summed E-state index contributed by atoms with van der Waals surface area (Å²) in [4.78, 5) is 11.4. The maximum Gasteiger partial charge on any atom is 0.336 e. The van der Waals surface area contributed by atoms with Crippen LogP contribution in [0, 0.1) is 13.8 Å². The van der Waals surface area contributed by atoms with Gasteiger partial charge in [-0.25, -0.2) is 4.79 Å². The molecule has 2 aromatic carbocycles. The van der Waals surface area contributed by atoms with Gasteiger partial charge in [0.1, 0.15) is 17.2 Å². The van der Waals surface area contributed by atoms with Crippen LogP contribution in [0.3, 0.4) is 0 Å². The highest BCUT2D eigenvalue weighted by Crippen LogP contribution is 2.30.